The van der Waals surface area contributed by atoms with Gasteiger partial charge in [0.2, 0.25) is 0 Å². The van der Waals surface area contributed by atoms with Gasteiger partial charge in [0.15, 0.2) is 0 Å². The predicted molar refractivity (Wildman–Crippen MR) is 93.2 cm³/mol. The minimum atomic E-state index is 0.219. The molecule has 0 aromatic heterocycles. The predicted octanol–water partition coefficient (Wildman–Crippen LogP) is 5.78. The van der Waals surface area contributed by atoms with Gasteiger partial charge in [-0.2, -0.15) is 0 Å². The van der Waals surface area contributed by atoms with Crippen molar-refractivity contribution in [3.8, 4) is 11.5 Å². The van der Waals surface area contributed by atoms with Crippen molar-refractivity contribution in [2.75, 3.05) is 0 Å². The van der Waals surface area contributed by atoms with Crippen LogP contribution in [-0.2, 0) is 0 Å². The second-order valence-electron chi connectivity index (χ2n) is 5.30. The van der Waals surface area contributed by atoms with Crippen molar-refractivity contribution in [1.29, 1.82) is 0 Å². The molecule has 2 rings (SSSR count). The van der Waals surface area contributed by atoms with E-state index in [1.165, 1.54) is 0 Å². The Morgan fingerprint density at radius 3 is 1.52 bits per heavy atom. The molecule has 0 bridgehead atoms. The highest BCUT2D eigenvalue weighted by molar-refractivity contribution is 9.10. The highest BCUT2D eigenvalue weighted by atomic mass is 79.9. The van der Waals surface area contributed by atoms with Crippen molar-refractivity contribution in [3.05, 3.63) is 55.5 Å². The lowest BCUT2D eigenvalue weighted by Crippen LogP contribution is -2.01. The molecule has 2 N–H and O–H groups in total. The van der Waals surface area contributed by atoms with Crippen LogP contribution in [0.3, 0.4) is 0 Å². The van der Waals surface area contributed by atoms with E-state index in [1.807, 2.05) is 38.1 Å². The number of hydrogen-bond donors (Lipinski definition) is 2. The SMILES string of the molecule is CCC(c1cc(C)c(O)c(Br)c1)c1cc(C)c(O)c(Br)c1. The molecular weight excluding hydrogens is 396 g/mol. The minimum Gasteiger partial charge on any atom is -0.506 e. The summed E-state index contributed by atoms with van der Waals surface area (Å²) in [6, 6.07) is 7.97. The summed E-state index contributed by atoms with van der Waals surface area (Å²) in [6.07, 6.45) is 0.938. The van der Waals surface area contributed by atoms with Crippen LogP contribution in [0.4, 0.5) is 0 Å². The fourth-order valence-corrected chi connectivity index (χ4v) is 3.75. The third kappa shape index (κ3) is 3.27. The highest BCUT2D eigenvalue weighted by Crippen LogP contribution is 2.38. The Bertz CT molecular complexity index is 577. The van der Waals surface area contributed by atoms with Crippen LogP contribution in [0.25, 0.3) is 0 Å². The van der Waals surface area contributed by atoms with Gasteiger partial charge in [-0.25, -0.2) is 0 Å². The second kappa shape index (κ2) is 6.41. The van der Waals surface area contributed by atoms with Gasteiger partial charge in [-0.05, 0) is 86.5 Å². The van der Waals surface area contributed by atoms with Gasteiger partial charge in [-0.1, -0.05) is 19.1 Å². The van der Waals surface area contributed by atoms with Gasteiger partial charge in [0.25, 0.3) is 0 Å². The van der Waals surface area contributed by atoms with Gasteiger partial charge in [0.05, 0.1) is 8.95 Å². The third-order valence-electron chi connectivity index (χ3n) is 3.77. The quantitative estimate of drug-likeness (QED) is 0.669. The number of halogens is 2. The summed E-state index contributed by atoms with van der Waals surface area (Å²) in [5, 5.41) is 19.8. The molecule has 0 fully saturated rings. The Morgan fingerprint density at radius 2 is 1.24 bits per heavy atom. The van der Waals surface area contributed by atoms with Gasteiger partial charge < -0.3 is 10.2 Å². The Morgan fingerprint density at radius 1 is 0.857 bits per heavy atom. The van der Waals surface area contributed by atoms with E-state index in [0.29, 0.717) is 8.95 Å². The molecule has 2 nitrogen and oxygen atoms in total. The summed E-state index contributed by atoms with van der Waals surface area (Å²) in [5.74, 6) is 0.796. The summed E-state index contributed by atoms with van der Waals surface area (Å²) >= 11 is 6.82. The number of phenolic OH excluding ortho intramolecular Hbond substituents is 2. The number of hydrogen-bond acceptors (Lipinski definition) is 2. The van der Waals surface area contributed by atoms with Crippen LogP contribution in [0.2, 0.25) is 0 Å². The van der Waals surface area contributed by atoms with Crippen LogP contribution in [0.15, 0.2) is 33.2 Å². The molecule has 0 aliphatic rings. The molecule has 0 atom stereocenters. The van der Waals surface area contributed by atoms with Crippen molar-refractivity contribution in [3.63, 3.8) is 0 Å². The van der Waals surface area contributed by atoms with Crippen LogP contribution in [0.5, 0.6) is 11.5 Å². The van der Waals surface area contributed by atoms with Crippen molar-refractivity contribution in [2.45, 2.75) is 33.1 Å². The fourth-order valence-electron chi connectivity index (χ4n) is 2.59. The Kier molecular flexibility index (Phi) is 4.99. The largest absolute Gasteiger partial charge is 0.506 e. The van der Waals surface area contributed by atoms with Crippen LogP contribution in [0.1, 0.15) is 41.5 Å². The van der Waals surface area contributed by atoms with Gasteiger partial charge in [-0.3, -0.25) is 0 Å². The van der Waals surface area contributed by atoms with Crippen molar-refractivity contribution >= 4 is 31.9 Å². The van der Waals surface area contributed by atoms with E-state index in [4.69, 9.17) is 0 Å². The normalized spacial score (nSPS) is 11.1. The van der Waals surface area contributed by atoms with Crippen molar-refractivity contribution in [2.24, 2.45) is 0 Å². The van der Waals surface area contributed by atoms with Crippen molar-refractivity contribution < 1.29 is 10.2 Å². The van der Waals surface area contributed by atoms with Gasteiger partial charge in [0.1, 0.15) is 11.5 Å². The summed E-state index contributed by atoms with van der Waals surface area (Å²) in [6.45, 7) is 5.93. The summed E-state index contributed by atoms with van der Waals surface area (Å²) in [5.41, 5.74) is 4.01. The summed E-state index contributed by atoms with van der Waals surface area (Å²) in [4.78, 5) is 0. The monoisotopic (exact) mass is 412 g/mol. The van der Waals surface area contributed by atoms with Crippen molar-refractivity contribution in [1.82, 2.24) is 0 Å². The Hall–Kier alpha value is -1.00. The molecule has 0 heterocycles. The molecule has 0 radical (unpaired) electrons. The fraction of sp³-hybridized carbons (Fsp3) is 0.294. The first-order valence-corrected chi connectivity index (χ1v) is 8.41. The van der Waals surface area contributed by atoms with E-state index in [0.717, 1.165) is 28.7 Å². The van der Waals surface area contributed by atoms with Crippen LogP contribution >= 0.6 is 31.9 Å². The number of phenols is 2. The number of aryl methyl sites for hydroxylation is 2. The molecule has 0 spiro atoms. The zero-order valence-electron chi connectivity index (χ0n) is 12.2. The maximum Gasteiger partial charge on any atom is 0.132 e. The zero-order valence-corrected chi connectivity index (χ0v) is 15.4. The van der Waals surface area contributed by atoms with Gasteiger partial charge >= 0.3 is 0 Å². The van der Waals surface area contributed by atoms with E-state index in [2.05, 4.69) is 38.8 Å². The van der Waals surface area contributed by atoms with E-state index < -0.39 is 0 Å². The number of benzene rings is 2. The lowest BCUT2D eigenvalue weighted by Gasteiger charge is -2.19. The molecule has 21 heavy (non-hydrogen) atoms. The number of aromatic hydroxyl groups is 2. The summed E-state index contributed by atoms with van der Waals surface area (Å²) in [7, 11) is 0. The molecule has 2 aromatic carbocycles. The molecule has 0 amide bonds. The standard InChI is InChI=1S/C17H18Br2O2/c1-4-13(11-5-9(2)16(20)14(18)7-11)12-6-10(3)17(21)15(19)8-12/h5-8,13,20-21H,4H2,1-3H3. The molecule has 0 unspecified atom stereocenters. The smallest absolute Gasteiger partial charge is 0.132 e. The molecule has 0 saturated carbocycles. The van der Waals surface area contributed by atoms with Crippen LogP contribution in [0, 0.1) is 13.8 Å². The molecule has 2 aromatic rings. The molecule has 0 aliphatic carbocycles. The molecule has 4 heteroatoms. The lowest BCUT2D eigenvalue weighted by atomic mass is 9.87. The third-order valence-corrected chi connectivity index (χ3v) is 4.97. The maximum atomic E-state index is 9.89. The van der Waals surface area contributed by atoms with Gasteiger partial charge in [-0.15, -0.1) is 0 Å². The Balaban J connectivity index is 2.54. The maximum absolute atomic E-state index is 9.89. The average molecular weight is 414 g/mol. The molecule has 112 valence electrons. The number of rotatable bonds is 3. The average Bonchev–Trinajstić information content (AvgIpc) is 2.42. The first kappa shape index (κ1) is 16.4. The first-order valence-electron chi connectivity index (χ1n) is 6.83. The van der Waals surface area contributed by atoms with E-state index in [1.54, 1.807) is 0 Å². The lowest BCUT2D eigenvalue weighted by molar-refractivity contribution is 0.467. The van der Waals surface area contributed by atoms with E-state index >= 15 is 0 Å². The second-order valence-corrected chi connectivity index (χ2v) is 7.01. The molecular formula is C17H18Br2O2. The van der Waals surface area contributed by atoms with Crippen LogP contribution < -0.4 is 0 Å². The first-order chi connectivity index (χ1) is 9.85. The highest BCUT2D eigenvalue weighted by Gasteiger charge is 2.17. The van der Waals surface area contributed by atoms with E-state index in [9.17, 15) is 10.2 Å². The van der Waals surface area contributed by atoms with Crippen LogP contribution in [-0.4, -0.2) is 10.2 Å². The van der Waals surface area contributed by atoms with E-state index in [-0.39, 0.29) is 17.4 Å². The van der Waals surface area contributed by atoms with Gasteiger partial charge in [0, 0.05) is 5.92 Å². The minimum absolute atomic E-state index is 0.219. The summed E-state index contributed by atoms with van der Waals surface area (Å²) < 4.78 is 1.43. The molecule has 0 aliphatic heterocycles. The topological polar surface area (TPSA) is 40.5 Å². The Labute approximate surface area is 142 Å². The molecule has 0 saturated heterocycles. The zero-order chi connectivity index (χ0) is 15.7.